The largest absolute Gasteiger partial charge is 0.126 e. The van der Waals surface area contributed by atoms with E-state index in [0.717, 1.165) is 6.42 Å². The Morgan fingerprint density at radius 1 is 1.47 bits per heavy atom. The molecule has 0 saturated heterocycles. The van der Waals surface area contributed by atoms with E-state index in [-0.39, 0.29) is 0 Å². The van der Waals surface area contributed by atoms with Crippen LogP contribution in [0.4, 0.5) is 0 Å². The normalized spacial score (nSPS) is 18.3. The molecule has 0 radical (unpaired) electrons. The van der Waals surface area contributed by atoms with E-state index >= 15 is 0 Å². The molecule has 1 aliphatic heterocycles. The third-order valence-electron chi connectivity index (χ3n) is 3.14. The van der Waals surface area contributed by atoms with Crippen LogP contribution in [0.1, 0.15) is 31.4 Å². The predicted molar refractivity (Wildman–Crippen MR) is 68.7 cm³/mol. The summed E-state index contributed by atoms with van der Waals surface area (Å²) in [7, 11) is 0. The van der Waals surface area contributed by atoms with E-state index in [1.807, 2.05) is 17.8 Å². The summed E-state index contributed by atoms with van der Waals surface area (Å²) >= 11 is 2.00. The molecule has 1 heterocycles. The fourth-order valence-corrected chi connectivity index (χ4v) is 3.66. The van der Waals surface area contributed by atoms with Crippen LogP contribution in [0, 0.1) is 0 Å². The number of rotatable bonds is 2. The summed E-state index contributed by atoms with van der Waals surface area (Å²) in [4.78, 5) is 1.48. The zero-order valence-corrected chi connectivity index (χ0v) is 10.4. The van der Waals surface area contributed by atoms with Crippen molar-refractivity contribution in [2.24, 2.45) is 0 Å². The van der Waals surface area contributed by atoms with E-state index in [9.17, 15) is 0 Å². The minimum atomic E-state index is 0.354. The topological polar surface area (TPSA) is 0 Å². The Labute approximate surface area is 96.8 Å². The predicted octanol–water partition coefficient (Wildman–Crippen LogP) is 4.19. The quantitative estimate of drug-likeness (QED) is 0.671. The first-order chi connectivity index (χ1) is 7.13. The summed E-state index contributed by atoms with van der Waals surface area (Å²) in [5.74, 6) is 1.25. The average Bonchev–Trinajstić information content (AvgIpc) is 2.17. The van der Waals surface area contributed by atoms with Gasteiger partial charge in [0.05, 0.1) is 0 Å². The fourth-order valence-electron chi connectivity index (χ4n) is 2.09. The molecule has 0 aliphatic carbocycles. The van der Waals surface area contributed by atoms with Gasteiger partial charge in [-0.05, 0) is 41.2 Å². The molecule has 2 rings (SSSR count). The molecule has 1 aliphatic rings. The van der Waals surface area contributed by atoms with Gasteiger partial charge in [0.1, 0.15) is 0 Å². The lowest BCUT2D eigenvalue weighted by Crippen LogP contribution is -2.22. The SMILES string of the molecule is C=CCc1ccc2c(c1)SCCC2(C)C. The summed E-state index contributed by atoms with van der Waals surface area (Å²) in [6.07, 6.45) is 4.24. The highest BCUT2D eigenvalue weighted by Crippen LogP contribution is 2.41. The standard InChI is InChI=1S/C14H18S/c1-4-5-11-6-7-12-13(10-11)15-9-8-14(12,2)3/h4,6-7,10H,1,5,8-9H2,2-3H3. The molecule has 0 amide bonds. The third-order valence-corrected chi connectivity index (χ3v) is 4.20. The second-order valence-electron chi connectivity index (χ2n) is 4.81. The fraction of sp³-hybridized carbons (Fsp3) is 0.429. The summed E-state index contributed by atoms with van der Waals surface area (Å²) in [6.45, 7) is 8.48. The molecule has 0 N–H and O–H groups in total. The van der Waals surface area contributed by atoms with Gasteiger partial charge in [0.2, 0.25) is 0 Å². The van der Waals surface area contributed by atoms with Crippen molar-refractivity contribution >= 4 is 11.8 Å². The van der Waals surface area contributed by atoms with Crippen LogP contribution in [0.25, 0.3) is 0 Å². The van der Waals surface area contributed by atoms with Gasteiger partial charge in [-0.25, -0.2) is 0 Å². The van der Waals surface area contributed by atoms with Crippen LogP contribution in [0.3, 0.4) is 0 Å². The van der Waals surface area contributed by atoms with Crippen LogP contribution in [0.2, 0.25) is 0 Å². The lowest BCUT2D eigenvalue weighted by atomic mass is 9.81. The molecular weight excluding hydrogens is 200 g/mol. The molecular formula is C14H18S. The maximum absolute atomic E-state index is 3.79. The van der Waals surface area contributed by atoms with E-state index in [2.05, 4.69) is 38.6 Å². The van der Waals surface area contributed by atoms with Crippen molar-refractivity contribution < 1.29 is 0 Å². The Hall–Kier alpha value is -0.690. The molecule has 0 spiro atoms. The number of hydrogen-bond donors (Lipinski definition) is 0. The molecule has 1 aromatic rings. The number of thioether (sulfide) groups is 1. The molecule has 1 heteroatoms. The maximum atomic E-state index is 3.79. The van der Waals surface area contributed by atoms with Gasteiger partial charge >= 0.3 is 0 Å². The molecule has 0 bridgehead atoms. The minimum Gasteiger partial charge on any atom is -0.126 e. The molecule has 15 heavy (non-hydrogen) atoms. The summed E-state index contributed by atoms with van der Waals surface area (Å²) < 4.78 is 0. The summed E-state index contributed by atoms with van der Waals surface area (Å²) in [5, 5.41) is 0. The highest BCUT2D eigenvalue weighted by Gasteiger charge is 2.27. The number of fused-ring (bicyclic) bond motifs is 1. The monoisotopic (exact) mass is 218 g/mol. The molecule has 0 fully saturated rings. The lowest BCUT2D eigenvalue weighted by molar-refractivity contribution is 0.494. The first-order valence-electron chi connectivity index (χ1n) is 5.50. The van der Waals surface area contributed by atoms with Gasteiger partial charge in [0.25, 0.3) is 0 Å². The zero-order valence-electron chi connectivity index (χ0n) is 9.55. The molecule has 0 atom stereocenters. The number of benzene rings is 1. The van der Waals surface area contributed by atoms with Crippen LogP contribution in [-0.4, -0.2) is 5.75 Å². The number of hydrogen-bond acceptors (Lipinski definition) is 1. The first kappa shape index (κ1) is 10.8. The van der Waals surface area contributed by atoms with E-state index in [4.69, 9.17) is 0 Å². The average molecular weight is 218 g/mol. The van der Waals surface area contributed by atoms with Crippen LogP contribution in [0.15, 0.2) is 35.7 Å². The van der Waals surface area contributed by atoms with Crippen molar-refractivity contribution in [3.05, 3.63) is 42.0 Å². The minimum absolute atomic E-state index is 0.354. The summed E-state index contributed by atoms with van der Waals surface area (Å²) in [5.41, 5.74) is 3.26. The summed E-state index contributed by atoms with van der Waals surface area (Å²) in [6, 6.07) is 6.89. The van der Waals surface area contributed by atoms with Gasteiger partial charge in [0, 0.05) is 4.90 Å². The van der Waals surface area contributed by atoms with Gasteiger partial charge < -0.3 is 0 Å². The van der Waals surface area contributed by atoms with E-state index in [1.165, 1.54) is 28.2 Å². The van der Waals surface area contributed by atoms with E-state index in [0.29, 0.717) is 5.41 Å². The van der Waals surface area contributed by atoms with Crippen LogP contribution >= 0.6 is 11.8 Å². The van der Waals surface area contributed by atoms with Gasteiger partial charge in [-0.2, -0.15) is 0 Å². The Bertz CT molecular complexity index is 377. The highest BCUT2D eigenvalue weighted by molar-refractivity contribution is 7.99. The van der Waals surface area contributed by atoms with E-state index < -0.39 is 0 Å². The van der Waals surface area contributed by atoms with Gasteiger partial charge in [0.15, 0.2) is 0 Å². The molecule has 0 aromatic heterocycles. The Balaban J connectivity index is 2.40. The van der Waals surface area contributed by atoms with Gasteiger partial charge in [-0.1, -0.05) is 32.1 Å². The Morgan fingerprint density at radius 2 is 2.27 bits per heavy atom. The second-order valence-corrected chi connectivity index (χ2v) is 5.94. The van der Waals surface area contributed by atoms with Crippen molar-refractivity contribution in [3.8, 4) is 0 Å². The van der Waals surface area contributed by atoms with Crippen molar-refractivity contribution in [2.75, 3.05) is 5.75 Å². The molecule has 0 nitrogen and oxygen atoms in total. The van der Waals surface area contributed by atoms with Gasteiger partial charge in [-0.3, -0.25) is 0 Å². The highest BCUT2D eigenvalue weighted by atomic mass is 32.2. The van der Waals surface area contributed by atoms with Crippen LogP contribution < -0.4 is 0 Å². The molecule has 0 saturated carbocycles. The maximum Gasteiger partial charge on any atom is 0.0112 e. The molecule has 1 aromatic carbocycles. The third kappa shape index (κ3) is 2.12. The zero-order chi connectivity index (χ0) is 10.9. The lowest BCUT2D eigenvalue weighted by Gasteiger charge is -2.32. The van der Waals surface area contributed by atoms with Crippen molar-refractivity contribution in [2.45, 2.75) is 37.0 Å². The smallest absolute Gasteiger partial charge is 0.0112 e. The van der Waals surface area contributed by atoms with E-state index in [1.54, 1.807) is 0 Å². The van der Waals surface area contributed by atoms with Crippen molar-refractivity contribution in [1.82, 2.24) is 0 Å². The number of allylic oxidation sites excluding steroid dienone is 1. The van der Waals surface area contributed by atoms with Gasteiger partial charge in [-0.15, -0.1) is 18.3 Å². The van der Waals surface area contributed by atoms with Crippen LogP contribution in [-0.2, 0) is 11.8 Å². The first-order valence-corrected chi connectivity index (χ1v) is 6.49. The van der Waals surface area contributed by atoms with Crippen molar-refractivity contribution in [3.63, 3.8) is 0 Å². The Morgan fingerprint density at radius 3 is 3.00 bits per heavy atom. The van der Waals surface area contributed by atoms with Crippen molar-refractivity contribution in [1.29, 1.82) is 0 Å². The second kappa shape index (κ2) is 4.05. The molecule has 80 valence electrons. The molecule has 0 unspecified atom stereocenters. The Kier molecular flexibility index (Phi) is 2.92. The van der Waals surface area contributed by atoms with Crippen LogP contribution in [0.5, 0.6) is 0 Å².